The van der Waals surface area contributed by atoms with Crippen molar-refractivity contribution >= 4 is 17.6 Å². The fourth-order valence-corrected chi connectivity index (χ4v) is 3.52. The Morgan fingerprint density at radius 2 is 1.86 bits per heavy atom. The van der Waals surface area contributed by atoms with E-state index in [9.17, 15) is 4.79 Å². The third-order valence-corrected chi connectivity index (χ3v) is 5.31. The number of nitrogens with one attached hydrogen (secondary N) is 2. The van der Waals surface area contributed by atoms with Gasteiger partial charge in [0.1, 0.15) is 0 Å². The second-order valence-electron chi connectivity index (χ2n) is 7.17. The quantitative estimate of drug-likeness (QED) is 0.618. The molecule has 1 fully saturated rings. The number of nitrogens with zero attached hydrogens (tertiary/aromatic N) is 2. The first-order chi connectivity index (χ1) is 13.7. The predicted molar refractivity (Wildman–Crippen MR) is 110 cm³/mol. The van der Waals surface area contributed by atoms with E-state index < -0.39 is 0 Å². The molecule has 1 heterocycles. The topological polar surface area (TPSA) is 59.0 Å². The summed E-state index contributed by atoms with van der Waals surface area (Å²) in [4.78, 5) is 12.6. The van der Waals surface area contributed by atoms with Crippen molar-refractivity contribution in [1.29, 1.82) is 0 Å². The maximum absolute atomic E-state index is 12.6. The summed E-state index contributed by atoms with van der Waals surface area (Å²) >= 11 is 5.99. The molecule has 144 valence electrons. The minimum absolute atomic E-state index is 0.0246. The molecule has 0 spiro atoms. The highest BCUT2D eigenvalue weighted by molar-refractivity contribution is 6.30. The van der Waals surface area contributed by atoms with Gasteiger partial charge in [0.25, 0.3) is 0 Å². The van der Waals surface area contributed by atoms with Gasteiger partial charge in [-0.2, -0.15) is 5.10 Å². The van der Waals surface area contributed by atoms with Crippen molar-refractivity contribution in [2.45, 2.75) is 32.0 Å². The average Bonchev–Trinajstić information content (AvgIpc) is 3.42. The van der Waals surface area contributed by atoms with Crippen LogP contribution in [0.25, 0.3) is 0 Å². The molecule has 0 aliphatic heterocycles. The van der Waals surface area contributed by atoms with Crippen molar-refractivity contribution in [2.75, 3.05) is 0 Å². The number of halogens is 1. The van der Waals surface area contributed by atoms with Crippen LogP contribution in [0.2, 0.25) is 5.02 Å². The van der Waals surface area contributed by atoms with Gasteiger partial charge in [-0.05, 0) is 53.6 Å². The minimum atomic E-state index is -0.152. The molecular formula is C22H23ClN4O. The molecule has 1 unspecified atom stereocenters. The Morgan fingerprint density at radius 3 is 2.54 bits per heavy atom. The highest BCUT2D eigenvalue weighted by Crippen LogP contribution is 2.41. The maximum atomic E-state index is 12.6. The number of carbonyl (C=O) groups excluding carboxylic acids is 1. The van der Waals surface area contributed by atoms with Gasteiger partial charge < -0.3 is 10.6 Å². The largest absolute Gasteiger partial charge is 0.334 e. The van der Waals surface area contributed by atoms with E-state index in [-0.39, 0.29) is 12.1 Å². The molecule has 1 aliphatic rings. The normalized spacial score (nSPS) is 14.5. The molecule has 28 heavy (non-hydrogen) atoms. The van der Waals surface area contributed by atoms with Gasteiger partial charge in [-0.15, -0.1) is 0 Å². The van der Waals surface area contributed by atoms with E-state index in [4.69, 9.17) is 11.6 Å². The summed E-state index contributed by atoms with van der Waals surface area (Å²) < 4.78 is 1.88. The standard InChI is InChI=1S/C22H23ClN4O/c23-20-10-8-17(9-11-20)21(16-6-7-16)26-22(28)24-14-18-4-1-2-5-19(18)15-27-13-3-12-25-27/h1-5,8-13,16,21H,6-7,14-15H2,(H2,24,26,28). The predicted octanol–water partition coefficient (Wildman–Crippen LogP) is 4.54. The Morgan fingerprint density at radius 1 is 1.11 bits per heavy atom. The molecule has 2 amide bonds. The fourth-order valence-electron chi connectivity index (χ4n) is 3.39. The Balaban J connectivity index is 1.38. The number of urea groups is 1. The third kappa shape index (κ3) is 4.73. The Kier molecular flexibility index (Phi) is 5.63. The zero-order valence-electron chi connectivity index (χ0n) is 15.5. The van der Waals surface area contributed by atoms with Crippen LogP contribution in [0, 0.1) is 5.92 Å². The molecule has 1 aromatic heterocycles. The Hall–Kier alpha value is -2.79. The SMILES string of the molecule is O=C(NCc1ccccc1Cn1cccn1)NC(c1ccc(Cl)cc1)C1CC1. The van der Waals surface area contributed by atoms with Crippen LogP contribution >= 0.6 is 11.6 Å². The molecule has 6 heteroatoms. The first-order valence-corrected chi connectivity index (χ1v) is 9.91. The van der Waals surface area contributed by atoms with Crippen LogP contribution in [0.3, 0.4) is 0 Å². The lowest BCUT2D eigenvalue weighted by Gasteiger charge is -2.20. The van der Waals surface area contributed by atoms with Crippen molar-refractivity contribution in [3.8, 4) is 0 Å². The van der Waals surface area contributed by atoms with Crippen molar-refractivity contribution < 1.29 is 4.79 Å². The molecule has 2 N–H and O–H groups in total. The van der Waals surface area contributed by atoms with E-state index in [1.165, 1.54) is 0 Å². The van der Waals surface area contributed by atoms with Gasteiger partial charge in [0.05, 0.1) is 12.6 Å². The van der Waals surface area contributed by atoms with Crippen molar-refractivity contribution in [2.24, 2.45) is 5.92 Å². The summed E-state index contributed by atoms with van der Waals surface area (Å²) in [6, 6.07) is 17.6. The zero-order valence-corrected chi connectivity index (χ0v) is 16.3. The number of rotatable bonds is 7. The summed E-state index contributed by atoms with van der Waals surface area (Å²) in [6.45, 7) is 1.16. The van der Waals surface area contributed by atoms with Gasteiger partial charge in [-0.3, -0.25) is 4.68 Å². The number of benzene rings is 2. The molecule has 2 aromatic carbocycles. The van der Waals surface area contributed by atoms with Crippen LogP contribution in [-0.4, -0.2) is 15.8 Å². The van der Waals surface area contributed by atoms with Gasteiger partial charge in [0, 0.05) is 24.0 Å². The highest BCUT2D eigenvalue weighted by Gasteiger charge is 2.33. The summed E-state index contributed by atoms with van der Waals surface area (Å²) in [5, 5.41) is 11.1. The van der Waals surface area contributed by atoms with Gasteiger partial charge in [0.15, 0.2) is 0 Å². The first kappa shape index (κ1) is 18.6. The molecule has 1 atom stereocenters. The molecule has 1 saturated carbocycles. The lowest BCUT2D eigenvalue weighted by atomic mass is 10.0. The second-order valence-corrected chi connectivity index (χ2v) is 7.60. The first-order valence-electron chi connectivity index (χ1n) is 9.53. The van der Waals surface area contributed by atoms with E-state index in [0.29, 0.717) is 24.0 Å². The number of hydrogen-bond donors (Lipinski definition) is 2. The highest BCUT2D eigenvalue weighted by atomic mass is 35.5. The van der Waals surface area contributed by atoms with E-state index in [0.717, 1.165) is 29.5 Å². The summed E-state index contributed by atoms with van der Waals surface area (Å²) in [5.41, 5.74) is 3.33. The molecule has 4 rings (SSSR count). The van der Waals surface area contributed by atoms with E-state index in [1.807, 2.05) is 59.4 Å². The monoisotopic (exact) mass is 394 g/mol. The molecule has 1 aliphatic carbocycles. The van der Waals surface area contributed by atoms with Gasteiger partial charge in [-0.25, -0.2) is 4.79 Å². The van der Waals surface area contributed by atoms with Crippen molar-refractivity contribution in [1.82, 2.24) is 20.4 Å². The van der Waals surface area contributed by atoms with E-state index in [2.05, 4.69) is 21.8 Å². The van der Waals surface area contributed by atoms with Crippen LogP contribution in [0.15, 0.2) is 67.0 Å². The van der Waals surface area contributed by atoms with Crippen molar-refractivity contribution in [3.05, 3.63) is 88.7 Å². The van der Waals surface area contributed by atoms with Gasteiger partial charge in [-0.1, -0.05) is 48.0 Å². The molecule has 3 aromatic rings. The number of aromatic nitrogens is 2. The molecule has 0 bridgehead atoms. The Bertz CT molecular complexity index is 920. The number of carbonyl (C=O) groups is 1. The summed E-state index contributed by atoms with van der Waals surface area (Å²) in [5.74, 6) is 0.499. The minimum Gasteiger partial charge on any atom is -0.334 e. The second kappa shape index (κ2) is 8.48. The molecule has 5 nitrogen and oxygen atoms in total. The van der Waals surface area contributed by atoms with Crippen LogP contribution in [0.4, 0.5) is 4.79 Å². The average molecular weight is 395 g/mol. The summed E-state index contributed by atoms with van der Waals surface area (Å²) in [6.07, 6.45) is 5.98. The molecular weight excluding hydrogens is 372 g/mol. The lowest BCUT2D eigenvalue weighted by Crippen LogP contribution is -2.38. The number of amides is 2. The van der Waals surface area contributed by atoms with Gasteiger partial charge >= 0.3 is 6.03 Å². The van der Waals surface area contributed by atoms with Crippen LogP contribution < -0.4 is 10.6 Å². The molecule has 0 radical (unpaired) electrons. The smallest absolute Gasteiger partial charge is 0.315 e. The van der Waals surface area contributed by atoms with Crippen LogP contribution in [0.5, 0.6) is 0 Å². The van der Waals surface area contributed by atoms with E-state index >= 15 is 0 Å². The third-order valence-electron chi connectivity index (χ3n) is 5.06. The zero-order chi connectivity index (χ0) is 19.3. The fraction of sp³-hybridized carbons (Fsp3) is 0.273. The van der Waals surface area contributed by atoms with E-state index in [1.54, 1.807) is 6.20 Å². The number of hydrogen-bond acceptors (Lipinski definition) is 2. The summed E-state index contributed by atoms with van der Waals surface area (Å²) in [7, 11) is 0. The molecule has 0 saturated heterocycles. The van der Waals surface area contributed by atoms with Crippen molar-refractivity contribution in [3.63, 3.8) is 0 Å². The van der Waals surface area contributed by atoms with Crippen LogP contribution in [0.1, 0.15) is 35.6 Å². The lowest BCUT2D eigenvalue weighted by molar-refractivity contribution is 0.235. The maximum Gasteiger partial charge on any atom is 0.315 e. The van der Waals surface area contributed by atoms with Gasteiger partial charge in [0.2, 0.25) is 0 Å². The van der Waals surface area contributed by atoms with Crippen LogP contribution in [-0.2, 0) is 13.1 Å². The Labute approximate surface area is 169 Å².